The fourth-order valence-corrected chi connectivity index (χ4v) is 2.55. The number of hydrogen-bond donors (Lipinski definition) is 2. The summed E-state index contributed by atoms with van der Waals surface area (Å²) < 4.78 is 46.0. The van der Waals surface area contributed by atoms with Gasteiger partial charge in [0.2, 0.25) is 5.88 Å². The fraction of sp³-hybridized carbons (Fsp3) is 0.368. The zero-order chi connectivity index (χ0) is 22.3. The number of aromatic nitrogens is 2. The van der Waals surface area contributed by atoms with Crippen molar-refractivity contribution in [3.8, 4) is 5.88 Å². The lowest BCUT2D eigenvalue weighted by atomic mass is 10.2. The van der Waals surface area contributed by atoms with Gasteiger partial charge in [0.1, 0.15) is 17.5 Å². The summed E-state index contributed by atoms with van der Waals surface area (Å²) in [5.41, 5.74) is 4.78. The number of carbonyl (C=O) groups excluding carboxylic acids is 2. The van der Waals surface area contributed by atoms with Crippen LogP contribution in [0.2, 0.25) is 0 Å². The van der Waals surface area contributed by atoms with Crippen molar-refractivity contribution < 1.29 is 32.2 Å². The van der Waals surface area contributed by atoms with Crippen LogP contribution in [0.1, 0.15) is 35.9 Å². The molecule has 2 unspecified atom stereocenters. The number of amides is 2. The Hall–Kier alpha value is -3.21. The van der Waals surface area contributed by atoms with Gasteiger partial charge in [-0.1, -0.05) is 6.07 Å². The molecule has 1 aliphatic rings. The Morgan fingerprint density at radius 3 is 2.57 bits per heavy atom. The van der Waals surface area contributed by atoms with Gasteiger partial charge in [-0.05, 0) is 38.0 Å². The predicted octanol–water partition coefficient (Wildman–Crippen LogP) is 2.80. The van der Waals surface area contributed by atoms with Crippen molar-refractivity contribution in [1.29, 1.82) is 0 Å². The highest BCUT2D eigenvalue weighted by atomic mass is 19.4. The summed E-state index contributed by atoms with van der Waals surface area (Å²) in [5, 5.41) is 2.69. The van der Waals surface area contributed by atoms with Crippen LogP contribution < -0.4 is 15.8 Å². The van der Waals surface area contributed by atoms with Crippen LogP contribution in [0.4, 0.5) is 18.9 Å². The van der Waals surface area contributed by atoms with Crippen molar-refractivity contribution in [2.75, 3.05) is 12.4 Å². The van der Waals surface area contributed by atoms with Gasteiger partial charge in [-0.25, -0.2) is 4.98 Å². The molecular formula is C19H21F3N4O4. The van der Waals surface area contributed by atoms with Gasteiger partial charge in [0, 0.05) is 18.0 Å². The lowest BCUT2D eigenvalue weighted by Gasteiger charge is -2.11. The second-order valence-electron chi connectivity index (χ2n) is 6.36. The lowest BCUT2D eigenvalue weighted by Crippen LogP contribution is -2.28. The molecule has 2 amide bonds. The van der Waals surface area contributed by atoms with E-state index in [0.717, 1.165) is 12.5 Å². The SMILES string of the molecule is CC1CCC(C(=O)Nc2ccnc(C(N)=O)c2)O1.COc1cccc(C(F)(F)F)n1. The average molecular weight is 426 g/mol. The van der Waals surface area contributed by atoms with Crippen molar-refractivity contribution in [3.05, 3.63) is 47.9 Å². The quantitative estimate of drug-likeness (QED) is 0.777. The smallest absolute Gasteiger partial charge is 0.433 e. The molecule has 1 saturated heterocycles. The minimum Gasteiger partial charge on any atom is -0.481 e. The molecule has 3 N–H and O–H groups in total. The largest absolute Gasteiger partial charge is 0.481 e. The van der Waals surface area contributed by atoms with E-state index in [0.29, 0.717) is 12.1 Å². The maximum absolute atomic E-state index is 12.0. The zero-order valence-corrected chi connectivity index (χ0v) is 16.3. The highest BCUT2D eigenvalue weighted by Crippen LogP contribution is 2.28. The van der Waals surface area contributed by atoms with Gasteiger partial charge in [-0.15, -0.1) is 0 Å². The average Bonchev–Trinajstić information content (AvgIpc) is 3.14. The number of primary amides is 1. The molecule has 0 aliphatic carbocycles. The molecule has 2 atom stereocenters. The number of nitrogens with one attached hydrogen (secondary N) is 1. The molecular weight excluding hydrogens is 405 g/mol. The molecule has 11 heteroatoms. The molecule has 2 aromatic heterocycles. The Morgan fingerprint density at radius 1 is 1.27 bits per heavy atom. The first-order chi connectivity index (χ1) is 14.1. The summed E-state index contributed by atoms with van der Waals surface area (Å²) >= 11 is 0. The third-order valence-corrected chi connectivity index (χ3v) is 4.03. The molecule has 1 aliphatic heterocycles. The van der Waals surface area contributed by atoms with Crippen LogP contribution >= 0.6 is 0 Å². The van der Waals surface area contributed by atoms with Crippen LogP contribution in [-0.2, 0) is 15.7 Å². The van der Waals surface area contributed by atoms with Crippen molar-refractivity contribution in [1.82, 2.24) is 9.97 Å². The number of pyridine rings is 2. The number of halogens is 3. The van der Waals surface area contributed by atoms with Crippen molar-refractivity contribution in [2.45, 2.75) is 38.1 Å². The number of methoxy groups -OCH3 is 1. The second-order valence-corrected chi connectivity index (χ2v) is 6.36. The molecule has 2 aromatic rings. The van der Waals surface area contributed by atoms with Crippen molar-refractivity contribution in [2.24, 2.45) is 5.73 Å². The van der Waals surface area contributed by atoms with E-state index < -0.39 is 23.9 Å². The summed E-state index contributed by atoms with van der Waals surface area (Å²) in [6.45, 7) is 1.94. The summed E-state index contributed by atoms with van der Waals surface area (Å²) in [6.07, 6.45) is -1.71. The monoisotopic (exact) mass is 426 g/mol. The normalized spacial score (nSPS) is 18.2. The van der Waals surface area contributed by atoms with E-state index in [1.54, 1.807) is 6.07 Å². The third-order valence-electron chi connectivity index (χ3n) is 4.03. The van der Waals surface area contributed by atoms with E-state index in [4.69, 9.17) is 10.5 Å². The zero-order valence-electron chi connectivity index (χ0n) is 16.3. The molecule has 30 heavy (non-hydrogen) atoms. The van der Waals surface area contributed by atoms with Crippen LogP contribution in [-0.4, -0.2) is 41.1 Å². The lowest BCUT2D eigenvalue weighted by molar-refractivity contribution is -0.141. The Balaban J connectivity index is 0.000000232. The first kappa shape index (κ1) is 23.1. The van der Waals surface area contributed by atoms with E-state index >= 15 is 0 Å². The Kier molecular flexibility index (Phi) is 7.70. The minimum atomic E-state index is -4.41. The number of nitrogens with zero attached hydrogens (tertiary/aromatic N) is 2. The molecule has 0 saturated carbocycles. The second kappa shape index (κ2) is 10.0. The molecule has 0 radical (unpaired) electrons. The van der Waals surface area contributed by atoms with Gasteiger partial charge < -0.3 is 20.5 Å². The summed E-state index contributed by atoms with van der Waals surface area (Å²) in [5.74, 6) is -0.873. The molecule has 162 valence electrons. The fourth-order valence-electron chi connectivity index (χ4n) is 2.55. The van der Waals surface area contributed by atoms with Gasteiger partial charge >= 0.3 is 6.18 Å². The standard InChI is InChI=1S/C12H15N3O3.C7H6F3NO/c1-7-2-3-10(18-7)12(17)15-8-4-5-14-9(6-8)11(13)16;1-12-6-4-2-3-5(11-6)7(8,9)10/h4-7,10H,2-3H2,1H3,(H2,13,16)(H,14,15,17);2-4H,1H3. The van der Waals surface area contributed by atoms with E-state index in [1.807, 2.05) is 6.92 Å². The topological polar surface area (TPSA) is 116 Å². The summed E-state index contributed by atoms with van der Waals surface area (Å²) in [7, 11) is 1.27. The minimum absolute atomic E-state index is 0.0372. The number of nitrogens with two attached hydrogens (primary N) is 1. The van der Waals surface area contributed by atoms with Gasteiger partial charge in [0.15, 0.2) is 0 Å². The highest BCUT2D eigenvalue weighted by Gasteiger charge is 2.32. The van der Waals surface area contributed by atoms with E-state index in [1.165, 1.54) is 31.5 Å². The number of carbonyl (C=O) groups is 2. The van der Waals surface area contributed by atoms with Gasteiger partial charge in [0.05, 0.1) is 13.2 Å². The Morgan fingerprint density at radius 2 is 2.00 bits per heavy atom. The van der Waals surface area contributed by atoms with Gasteiger partial charge in [-0.3, -0.25) is 14.6 Å². The predicted molar refractivity (Wildman–Crippen MR) is 101 cm³/mol. The summed E-state index contributed by atoms with van der Waals surface area (Å²) in [4.78, 5) is 29.8. The maximum atomic E-state index is 12.0. The van der Waals surface area contributed by atoms with Crippen molar-refractivity contribution >= 4 is 17.5 Å². The van der Waals surface area contributed by atoms with E-state index in [-0.39, 0.29) is 23.6 Å². The third kappa shape index (κ3) is 6.69. The molecule has 3 rings (SSSR count). The Bertz CT molecular complexity index is 892. The van der Waals surface area contributed by atoms with Crippen LogP contribution in [0.15, 0.2) is 36.5 Å². The number of alkyl halides is 3. The molecule has 0 aromatic carbocycles. The Labute approximate surface area is 170 Å². The molecule has 8 nitrogen and oxygen atoms in total. The van der Waals surface area contributed by atoms with Crippen LogP contribution in [0.3, 0.4) is 0 Å². The van der Waals surface area contributed by atoms with E-state index in [2.05, 4.69) is 20.0 Å². The molecule has 1 fully saturated rings. The van der Waals surface area contributed by atoms with E-state index in [9.17, 15) is 22.8 Å². The molecule has 3 heterocycles. The highest BCUT2D eigenvalue weighted by molar-refractivity contribution is 5.96. The number of hydrogen-bond acceptors (Lipinski definition) is 6. The van der Waals surface area contributed by atoms with Crippen LogP contribution in [0.25, 0.3) is 0 Å². The van der Waals surface area contributed by atoms with Crippen molar-refractivity contribution in [3.63, 3.8) is 0 Å². The van der Waals surface area contributed by atoms with Gasteiger partial charge in [-0.2, -0.15) is 13.2 Å². The maximum Gasteiger partial charge on any atom is 0.433 e. The van der Waals surface area contributed by atoms with Gasteiger partial charge in [0.25, 0.3) is 11.8 Å². The van der Waals surface area contributed by atoms with Crippen LogP contribution in [0, 0.1) is 0 Å². The van der Waals surface area contributed by atoms with Crippen LogP contribution in [0.5, 0.6) is 5.88 Å². The summed E-state index contributed by atoms with van der Waals surface area (Å²) in [6, 6.07) is 6.54. The first-order valence-electron chi connectivity index (χ1n) is 8.90. The number of anilines is 1. The number of rotatable bonds is 4. The molecule has 0 spiro atoms. The number of ether oxygens (including phenoxy) is 2. The first-order valence-corrected chi connectivity index (χ1v) is 8.90. The molecule has 0 bridgehead atoms.